The molecule has 2 N–H and O–H groups in total. The molecule has 0 saturated heterocycles. The molecule has 1 aromatic rings. The van der Waals surface area contributed by atoms with Gasteiger partial charge in [0.1, 0.15) is 0 Å². The Balaban J connectivity index is 2.97. The predicted molar refractivity (Wildman–Crippen MR) is 59.8 cm³/mol. The van der Waals surface area contributed by atoms with Gasteiger partial charge in [0, 0.05) is 10.0 Å². The molecule has 0 atom stereocenters. The summed E-state index contributed by atoms with van der Waals surface area (Å²) in [5.74, 6) is 4.44. The average molecular weight is 306 g/mol. The SMILES string of the molecule is NC(=O)CC#Cc1ccc(C(F)(F)F)cc1Br. The molecular formula is C11H7BrF3NO. The highest BCUT2D eigenvalue weighted by Gasteiger charge is 2.30. The lowest BCUT2D eigenvalue weighted by atomic mass is 10.1. The quantitative estimate of drug-likeness (QED) is 0.797. The van der Waals surface area contributed by atoms with Crippen molar-refractivity contribution in [2.24, 2.45) is 5.73 Å². The number of nitrogens with two attached hydrogens (primary N) is 1. The number of halogens is 4. The average Bonchev–Trinajstić information content (AvgIpc) is 2.18. The van der Waals surface area contributed by atoms with Crippen molar-refractivity contribution in [3.05, 3.63) is 33.8 Å². The highest BCUT2D eigenvalue weighted by Crippen LogP contribution is 2.31. The molecule has 0 unspecified atom stereocenters. The first-order valence-corrected chi connectivity index (χ1v) is 5.24. The van der Waals surface area contributed by atoms with Gasteiger partial charge >= 0.3 is 6.18 Å². The van der Waals surface area contributed by atoms with Gasteiger partial charge in [-0.1, -0.05) is 11.8 Å². The van der Waals surface area contributed by atoms with Gasteiger partial charge in [-0.15, -0.1) is 0 Å². The molecule has 0 aliphatic carbocycles. The Morgan fingerprint density at radius 3 is 2.53 bits per heavy atom. The molecule has 6 heteroatoms. The first-order chi connectivity index (χ1) is 7.80. The second-order valence-corrected chi connectivity index (χ2v) is 3.99. The van der Waals surface area contributed by atoms with Gasteiger partial charge in [-0.25, -0.2) is 0 Å². The number of hydrogen-bond donors (Lipinski definition) is 1. The summed E-state index contributed by atoms with van der Waals surface area (Å²) in [4.78, 5) is 10.4. The molecule has 0 aliphatic rings. The summed E-state index contributed by atoms with van der Waals surface area (Å²) in [6.45, 7) is 0. The molecule has 1 amide bonds. The number of primary amides is 1. The summed E-state index contributed by atoms with van der Waals surface area (Å²) in [6.07, 6.45) is -4.52. The van der Waals surface area contributed by atoms with Crippen LogP contribution in [0.4, 0.5) is 13.2 Å². The van der Waals surface area contributed by atoms with Crippen molar-refractivity contribution in [1.82, 2.24) is 0 Å². The molecule has 1 rings (SSSR count). The van der Waals surface area contributed by atoms with E-state index >= 15 is 0 Å². The van der Waals surface area contributed by atoms with Crippen molar-refractivity contribution >= 4 is 21.8 Å². The van der Waals surface area contributed by atoms with Crippen LogP contribution >= 0.6 is 15.9 Å². The minimum Gasteiger partial charge on any atom is -0.369 e. The van der Waals surface area contributed by atoms with Gasteiger partial charge in [0.05, 0.1) is 12.0 Å². The van der Waals surface area contributed by atoms with E-state index in [2.05, 4.69) is 27.8 Å². The molecule has 2 nitrogen and oxygen atoms in total. The molecule has 0 heterocycles. The fourth-order valence-electron chi connectivity index (χ4n) is 1.02. The first-order valence-electron chi connectivity index (χ1n) is 4.44. The summed E-state index contributed by atoms with van der Waals surface area (Å²) in [7, 11) is 0. The van der Waals surface area contributed by atoms with Crippen LogP contribution < -0.4 is 5.73 Å². The molecule has 0 saturated carbocycles. The maximum Gasteiger partial charge on any atom is 0.416 e. The predicted octanol–water partition coefficient (Wildman–Crippen LogP) is 2.69. The monoisotopic (exact) mass is 305 g/mol. The van der Waals surface area contributed by atoms with E-state index in [1.54, 1.807) is 0 Å². The lowest BCUT2D eigenvalue weighted by Gasteiger charge is -2.07. The molecule has 0 radical (unpaired) electrons. The summed E-state index contributed by atoms with van der Waals surface area (Å²) in [5, 5.41) is 0. The van der Waals surface area contributed by atoms with Crippen molar-refractivity contribution in [3.63, 3.8) is 0 Å². The summed E-state index contributed by atoms with van der Waals surface area (Å²) in [6, 6.07) is 3.11. The van der Waals surface area contributed by atoms with Crippen LogP contribution in [0.3, 0.4) is 0 Å². The van der Waals surface area contributed by atoms with Crippen LogP contribution in [0, 0.1) is 11.8 Å². The van der Waals surface area contributed by atoms with Gasteiger partial charge in [0.2, 0.25) is 5.91 Å². The molecular weight excluding hydrogens is 299 g/mol. The molecule has 17 heavy (non-hydrogen) atoms. The highest BCUT2D eigenvalue weighted by molar-refractivity contribution is 9.10. The number of carbonyl (C=O) groups excluding carboxylic acids is 1. The smallest absolute Gasteiger partial charge is 0.369 e. The summed E-state index contributed by atoms with van der Waals surface area (Å²) >= 11 is 2.99. The fourth-order valence-corrected chi connectivity index (χ4v) is 1.50. The van der Waals surface area contributed by atoms with E-state index in [-0.39, 0.29) is 10.9 Å². The van der Waals surface area contributed by atoms with Crippen molar-refractivity contribution in [2.45, 2.75) is 12.6 Å². The third-order valence-electron chi connectivity index (χ3n) is 1.78. The maximum atomic E-state index is 12.3. The third kappa shape index (κ3) is 4.11. The van der Waals surface area contributed by atoms with Crippen molar-refractivity contribution in [1.29, 1.82) is 0 Å². The van der Waals surface area contributed by atoms with E-state index in [1.807, 2.05) is 0 Å². The summed E-state index contributed by atoms with van der Waals surface area (Å²) < 4.78 is 37.2. The van der Waals surface area contributed by atoms with E-state index in [1.165, 1.54) is 6.07 Å². The van der Waals surface area contributed by atoms with Crippen molar-refractivity contribution in [3.8, 4) is 11.8 Å². The Bertz CT molecular complexity index is 500. The van der Waals surface area contributed by atoms with E-state index in [0.717, 1.165) is 12.1 Å². The van der Waals surface area contributed by atoms with Crippen LogP contribution in [0.5, 0.6) is 0 Å². The minimum absolute atomic E-state index is 0.131. The Morgan fingerprint density at radius 1 is 1.41 bits per heavy atom. The van der Waals surface area contributed by atoms with Crippen molar-refractivity contribution < 1.29 is 18.0 Å². The summed E-state index contributed by atoms with van der Waals surface area (Å²) in [5.41, 5.74) is 4.49. The molecule has 0 spiro atoms. The number of hydrogen-bond acceptors (Lipinski definition) is 1. The lowest BCUT2D eigenvalue weighted by molar-refractivity contribution is -0.137. The highest BCUT2D eigenvalue weighted by atomic mass is 79.9. The van der Waals surface area contributed by atoms with Crippen molar-refractivity contribution in [2.75, 3.05) is 0 Å². The molecule has 90 valence electrons. The second kappa shape index (κ2) is 5.23. The molecule has 1 aromatic carbocycles. The van der Waals surface area contributed by atoms with E-state index in [9.17, 15) is 18.0 Å². The normalized spacial score (nSPS) is 10.6. The Morgan fingerprint density at radius 2 is 2.06 bits per heavy atom. The van der Waals surface area contributed by atoms with Crippen LogP contribution in [-0.4, -0.2) is 5.91 Å². The molecule has 0 fully saturated rings. The van der Waals surface area contributed by atoms with Gasteiger partial charge in [-0.3, -0.25) is 4.79 Å². The van der Waals surface area contributed by atoms with E-state index in [4.69, 9.17) is 5.73 Å². The Kier molecular flexibility index (Phi) is 4.18. The van der Waals surface area contributed by atoms with Crippen LogP contribution in [-0.2, 0) is 11.0 Å². The van der Waals surface area contributed by atoms with Gasteiger partial charge in [-0.2, -0.15) is 13.2 Å². The third-order valence-corrected chi connectivity index (χ3v) is 2.44. The second-order valence-electron chi connectivity index (χ2n) is 3.14. The standard InChI is InChI=1S/C11H7BrF3NO/c12-9-6-8(11(13,14)15)5-4-7(9)2-1-3-10(16)17/h4-6H,3H2,(H2,16,17). The minimum atomic E-state index is -4.39. The molecule has 0 aromatic heterocycles. The number of alkyl halides is 3. The maximum absolute atomic E-state index is 12.3. The molecule has 0 bridgehead atoms. The Hall–Kier alpha value is -1.48. The Labute approximate surface area is 104 Å². The zero-order chi connectivity index (χ0) is 13.1. The van der Waals surface area contributed by atoms with Crippen LogP contribution in [0.1, 0.15) is 17.5 Å². The van der Waals surface area contributed by atoms with Crippen LogP contribution in [0.2, 0.25) is 0 Å². The van der Waals surface area contributed by atoms with Gasteiger partial charge < -0.3 is 5.73 Å². The van der Waals surface area contributed by atoms with Gasteiger partial charge in [-0.05, 0) is 34.1 Å². The lowest BCUT2D eigenvalue weighted by Crippen LogP contribution is -2.08. The number of carbonyl (C=O) groups is 1. The number of benzene rings is 1. The van der Waals surface area contributed by atoms with Gasteiger partial charge in [0.15, 0.2) is 0 Å². The number of amides is 1. The zero-order valence-corrected chi connectivity index (χ0v) is 10.0. The number of rotatable bonds is 1. The zero-order valence-electron chi connectivity index (χ0n) is 8.44. The van der Waals surface area contributed by atoms with Crippen LogP contribution in [0.15, 0.2) is 22.7 Å². The van der Waals surface area contributed by atoms with Crippen LogP contribution in [0.25, 0.3) is 0 Å². The molecule has 0 aliphatic heterocycles. The van der Waals surface area contributed by atoms with E-state index in [0.29, 0.717) is 5.56 Å². The first kappa shape index (κ1) is 13.6. The fraction of sp³-hybridized carbons (Fsp3) is 0.182. The van der Waals surface area contributed by atoms with Gasteiger partial charge in [0.25, 0.3) is 0 Å². The van der Waals surface area contributed by atoms with E-state index < -0.39 is 17.6 Å². The largest absolute Gasteiger partial charge is 0.416 e. The topological polar surface area (TPSA) is 43.1 Å².